The van der Waals surface area contributed by atoms with Crippen molar-refractivity contribution in [1.29, 1.82) is 0 Å². The molecule has 0 aromatic heterocycles. The minimum absolute atomic E-state index is 0.0424. The van der Waals surface area contributed by atoms with Crippen LogP contribution in [0.15, 0.2) is 48.5 Å². The van der Waals surface area contributed by atoms with Gasteiger partial charge in [-0.3, -0.25) is 9.59 Å². The fraction of sp³-hybridized carbons (Fsp3) is 0.167. The van der Waals surface area contributed by atoms with Crippen LogP contribution in [0.1, 0.15) is 22.8 Å². The standard InChI is InChI=1S/C18H15F3N2O4/c1-2-27-17(26)11-3-7-13(8-4-11)22-15(24)16(25)23-14-9-5-12(6-10-14)18(19,20)21/h3-10H,2H2,1H3,(H,22,24)(H,23,25). The van der Waals surface area contributed by atoms with Crippen molar-refractivity contribution in [3.05, 3.63) is 59.7 Å². The molecule has 142 valence electrons. The zero-order chi connectivity index (χ0) is 20.0. The minimum Gasteiger partial charge on any atom is -0.462 e. The summed E-state index contributed by atoms with van der Waals surface area (Å²) in [4.78, 5) is 35.2. The number of rotatable bonds is 4. The number of halogens is 3. The van der Waals surface area contributed by atoms with E-state index in [2.05, 4.69) is 10.6 Å². The van der Waals surface area contributed by atoms with Crippen molar-refractivity contribution in [3.63, 3.8) is 0 Å². The molecule has 0 aliphatic rings. The van der Waals surface area contributed by atoms with Crippen LogP contribution in [0.4, 0.5) is 24.5 Å². The molecule has 2 amide bonds. The van der Waals surface area contributed by atoms with Gasteiger partial charge in [0.15, 0.2) is 0 Å². The van der Waals surface area contributed by atoms with E-state index in [1.165, 1.54) is 24.3 Å². The fourth-order valence-electron chi connectivity index (χ4n) is 2.02. The molecule has 2 rings (SSSR count). The molecule has 0 radical (unpaired) electrons. The van der Waals surface area contributed by atoms with Gasteiger partial charge in [0.25, 0.3) is 0 Å². The highest BCUT2D eigenvalue weighted by Crippen LogP contribution is 2.29. The third-order valence-electron chi connectivity index (χ3n) is 3.33. The van der Waals surface area contributed by atoms with Gasteiger partial charge in [0.2, 0.25) is 0 Å². The lowest BCUT2D eigenvalue weighted by Crippen LogP contribution is -2.29. The van der Waals surface area contributed by atoms with Crippen LogP contribution in [0, 0.1) is 0 Å². The first-order valence-electron chi connectivity index (χ1n) is 7.77. The fourth-order valence-corrected chi connectivity index (χ4v) is 2.02. The second-order valence-corrected chi connectivity index (χ2v) is 5.28. The summed E-state index contributed by atoms with van der Waals surface area (Å²) in [5.74, 6) is -2.58. The van der Waals surface area contributed by atoms with Crippen molar-refractivity contribution >= 4 is 29.2 Å². The van der Waals surface area contributed by atoms with Crippen LogP contribution in [0.2, 0.25) is 0 Å². The van der Waals surface area contributed by atoms with Crippen LogP contribution >= 0.6 is 0 Å². The summed E-state index contributed by atoms with van der Waals surface area (Å²) in [6.07, 6.45) is -4.49. The van der Waals surface area contributed by atoms with Gasteiger partial charge in [-0.2, -0.15) is 13.2 Å². The number of hydrogen-bond donors (Lipinski definition) is 2. The molecular formula is C18H15F3N2O4. The number of ether oxygens (including phenoxy) is 1. The number of anilines is 2. The topological polar surface area (TPSA) is 84.5 Å². The van der Waals surface area contributed by atoms with E-state index in [4.69, 9.17) is 4.74 Å². The van der Waals surface area contributed by atoms with Gasteiger partial charge in [-0.15, -0.1) is 0 Å². The summed E-state index contributed by atoms with van der Waals surface area (Å²) in [5, 5.41) is 4.51. The Morgan fingerprint density at radius 1 is 0.852 bits per heavy atom. The Morgan fingerprint density at radius 2 is 1.30 bits per heavy atom. The Kier molecular flexibility index (Phi) is 6.17. The predicted molar refractivity (Wildman–Crippen MR) is 91.1 cm³/mol. The Bertz CT molecular complexity index is 831. The maximum Gasteiger partial charge on any atom is 0.416 e. The summed E-state index contributed by atoms with van der Waals surface area (Å²) in [6, 6.07) is 9.33. The number of nitrogens with one attached hydrogen (secondary N) is 2. The zero-order valence-electron chi connectivity index (χ0n) is 14.1. The Morgan fingerprint density at radius 3 is 1.70 bits per heavy atom. The molecule has 0 atom stereocenters. The largest absolute Gasteiger partial charge is 0.462 e. The second-order valence-electron chi connectivity index (χ2n) is 5.28. The SMILES string of the molecule is CCOC(=O)c1ccc(NC(=O)C(=O)Nc2ccc(C(F)(F)F)cc2)cc1. The molecule has 6 nitrogen and oxygen atoms in total. The molecule has 0 unspecified atom stereocenters. The third kappa shape index (κ3) is 5.56. The number of alkyl halides is 3. The first-order valence-corrected chi connectivity index (χ1v) is 7.77. The first kappa shape index (κ1) is 20.0. The molecule has 0 spiro atoms. The van der Waals surface area contributed by atoms with Crippen LogP contribution < -0.4 is 10.6 Å². The first-order chi connectivity index (χ1) is 12.7. The smallest absolute Gasteiger partial charge is 0.416 e. The summed E-state index contributed by atoms with van der Waals surface area (Å²) < 4.78 is 42.3. The van der Waals surface area contributed by atoms with E-state index >= 15 is 0 Å². The van der Waals surface area contributed by atoms with Crippen molar-refractivity contribution in [3.8, 4) is 0 Å². The van der Waals surface area contributed by atoms with E-state index in [9.17, 15) is 27.6 Å². The second kappa shape index (κ2) is 8.35. The van der Waals surface area contributed by atoms with Gasteiger partial charge in [-0.05, 0) is 55.5 Å². The van der Waals surface area contributed by atoms with Crippen LogP contribution in [-0.4, -0.2) is 24.4 Å². The van der Waals surface area contributed by atoms with Crippen molar-refractivity contribution in [2.24, 2.45) is 0 Å². The Balaban J connectivity index is 1.95. The van der Waals surface area contributed by atoms with Crippen molar-refractivity contribution < 1.29 is 32.3 Å². The molecule has 2 aromatic carbocycles. The van der Waals surface area contributed by atoms with Crippen molar-refractivity contribution in [1.82, 2.24) is 0 Å². The summed E-state index contributed by atoms with van der Waals surface area (Å²) >= 11 is 0. The van der Waals surface area contributed by atoms with Gasteiger partial charge in [-0.25, -0.2) is 4.79 Å². The highest BCUT2D eigenvalue weighted by atomic mass is 19.4. The van der Waals surface area contributed by atoms with E-state index < -0.39 is 29.5 Å². The van der Waals surface area contributed by atoms with E-state index in [0.29, 0.717) is 0 Å². The van der Waals surface area contributed by atoms with Gasteiger partial charge in [0, 0.05) is 11.4 Å². The number of carbonyl (C=O) groups excluding carboxylic acids is 3. The average Bonchev–Trinajstić information content (AvgIpc) is 2.62. The van der Waals surface area contributed by atoms with Crippen molar-refractivity contribution in [2.45, 2.75) is 13.1 Å². The van der Waals surface area contributed by atoms with Gasteiger partial charge in [-0.1, -0.05) is 0 Å². The lowest BCUT2D eigenvalue weighted by atomic mass is 10.2. The number of benzene rings is 2. The molecule has 0 aliphatic heterocycles. The number of amides is 2. The average molecular weight is 380 g/mol. The van der Waals surface area contributed by atoms with E-state index in [1.54, 1.807) is 6.92 Å². The maximum atomic E-state index is 12.5. The molecule has 2 aromatic rings. The Hall–Kier alpha value is -3.36. The van der Waals surface area contributed by atoms with Crippen molar-refractivity contribution in [2.75, 3.05) is 17.2 Å². The van der Waals surface area contributed by atoms with Crippen LogP contribution in [0.3, 0.4) is 0 Å². The molecule has 0 heterocycles. The highest BCUT2D eigenvalue weighted by molar-refractivity contribution is 6.43. The molecule has 0 saturated heterocycles. The monoisotopic (exact) mass is 380 g/mol. The van der Waals surface area contributed by atoms with E-state index in [-0.39, 0.29) is 23.5 Å². The summed E-state index contributed by atoms with van der Waals surface area (Å²) in [6.45, 7) is 1.89. The third-order valence-corrected chi connectivity index (χ3v) is 3.33. The number of esters is 1. The van der Waals surface area contributed by atoms with E-state index in [0.717, 1.165) is 24.3 Å². The molecule has 27 heavy (non-hydrogen) atoms. The Labute approximate surface area is 152 Å². The van der Waals surface area contributed by atoms with Gasteiger partial charge < -0.3 is 15.4 Å². The molecule has 9 heteroatoms. The number of carbonyl (C=O) groups is 3. The molecule has 0 bridgehead atoms. The van der Waals surface area contributed by atoms with Gasteiger partial charge >= 0.3 is 24.0 Å². The normalized spacial score (nSPS) is 10.8. The predicted octanol–water partition coefficient (Wildman–Crippen LogP) is 3.46. The van der Waals surface area contributed by atoms with Gasteiger partial charge in [0.1, 0.15) is 0 Å². The lowest BCUT2D eigenvalue weighted by molar-refractivity contribution is -0.137. The molecule has 2 N–H and O–H groups in total. The quantitative estimate of drug-likeness (QED) is 0.629. The van der Waals surface area contributed by atoms with Crippen LogP contribution in [0.5, 0.6) is 0 Å². The zero-order valence-corrected chi connectivity index (χ0v) is 14.1. The lowest BCUT2D eigenvalue weighted by Gasteiger charge is -2.09. The molecule has 0 saturated carbocycles. The highest BCUT2D eigenvalue weighted by Gasteiger charge is 2.30. The molecule has 0 aliphatic carbocycles. The summed E-state index contributed by atoms with van der Waals surface area (Å²) in [7, 11) is 0. The maximum absolute atomic E-state index is 12.5. The van der Waals surface area contributed by atoms with Crippen LogP contribution in [-0.2, 0) is 20.5 Å². The van der Waals surface area contributed by atoms with Gasteiger partial charge in [0.05, 0.1) is 17.7 Å². The van der Waals surface area contributed by atoms with Crippen LogP contribution in [0.25, 0.3) is 0 Å². The minimum atomic E-state index is -4.49. The van der Waals surface area contributed by atoms with E-state index in [1.807, 2.05) is 0 Å². The number of hydrogen-bond acceptors (Lipinski definition) is 4. The molecule has 0 fully saturated rings. The summed E-state index contributed by atoms with van der Waals surface area (Å²) in [5.41, 5.74) is -0.285. The molecular weight excluding hydrogens is 365 g/mol.